The van der Waals surface area contributed by atoms with Crippen molar-refractivity contribution in [1.29, 1.82) is 0 Å². The molecule has 3 rings (SSSR count). The molecule has 0 heterocycles. The first-order valence-corrected chi connectivity index (χ1v) is 8.52. The van der Waals surface area contributed by atoms with Crippen LogP contribution in [-0.2, 0) is 5.60 Å². The van der Waals surface area contributed by atoms with Gasteiger partial charge in [-0.1, -0.05) is 68.5 Å². The lowest BCUT2D eigenvalue weighted by Gasteiger charge is -2.22. The van der Waals surface area contributed by atoms with Crippen LogP contribution in [0, 0.1) is 0 Å². The van der Waals surface area contributed by atoms with Crippen LogP contribution in [0.25, 0.3) is 11.1 Å². The molecule has 0 aromatic heterocycles. The van der Waals surface area contributed by atoms with Gasteiger partial charge in [0.15, 0.2) is 0 Å². The third kappa shape index (κ3) is 2.85. The van der Waals surface area contributed by atoms with Crippen LogP contribution in [0.2, 0.25) is 0 Å². The molecular weight excluding hydrogens is 282 g/mol. The summed E-state index contributed by atoms with van der Waals surface area (Å²) in [6, 6.07) is 16.3. The summed E-state index contributed by atoms with van der Waals surface area (Å²) < 4.78 is 0. The van der Waals surface area contributed by atoms with E-state index in [1.54, 1.807) is 0 Å². The monoisotopic (exact) mass is 307 g/mol. The van der Waals surface area contributed by atoms with Crippen molar-refractivity contribution in [2.24, 2.45) is 0 Å². The highest BCUT2D eigenvalue weighted by Crippen LogP contribution is 2.47. The van der Waals surface area contributed by atoms with E-state index >= 15 is 0 Å². The average molecular weight is 307 g/mol. The van der Waals surface area contributed by atoms with Crippen LogP contribution in [0.4, 0.5) is 0 Å². The third-order valence-electron chi connectivity index (χ3n) is 4.83. The van der Waals surface area contributed by atoms with E-state index in [-0.39, 0.29) is 0 Å². The Hall–Kier alpha value is -1.90. The van der Waals surface area contributed by atoms with Gasteiger partial charge in [0.1, 0.15) is 5.60 Å². The predicted molar refractivity (Wildman–Crippen MR) is 96.4 cm³/mol. The summed E-state index contributed by atoms with van der Waals surface area (Å²) >= 11 is 0. The Morgan fingerprint density at radius 1 is 0.913 bits per heavy atom. The zero-order chi connectivity index (χ0) is 16.3. The number of benzene rings is 2. The Morgan fingerprint density at radius 2 is 1.43 bits per heavy atom. The van der Waals surface area contributed by atoms with Crippen molar-refractivity contribution in [2.75, 3.05) is 19.6 Å². The van der Waals surface area contributed by atoms with Gasteiger partial charge in [0.2, 0.25) is 0 Å². The molecule has 0 radical (unpaired) electrons. The summed E-state index contributed by atoms with van der Waals surface area (Å²) in [4.78, 5) is 2.39. The first kappa shape index (κ1) is 16.0. The highest BCUT2D eigenvalue weighted by molar-refractivity contribution is 5.81. The molecule has 0 unspecified atom stereocenters. The van der Waals surface area contributed by atoms with Gasteiger partial charge in [-0.25, -0.2) is 0 Å². The van der Waals surface area contributed by atoms with Crippen LogP contribution in [0.1, 0.15) is 31.4 Å². The van der Waals surface area contributed by atoms with Crippen molar-refractivity contribution in [1.82, 2.24) is 4.90 Å². The quantitative estimate of drug-likeness (QED) is 0.809. The van der Waals surface area contributed by atoms with Crippen LogP contribution in [-0.4, -0.2) is 29.6 Å². The van der Waals surface area contributed by atoms with Crippen molar-refractivity contribution in [2.45, 2.75) is 25.9 Å². The molecule has 2 nitrogen and oxygen atoms in total. The molecule has 0 aliphatic heterocycles. The summed E-state index contributed by atoms with van der Waals surface area (Å²) in [5.74, 6) is 0. The standard InChI is InChI=1S/C21H25NO/c1-3-22(4-2)16-10-9-15-21(23)19-13-7-5-11-17(19)18-12-6-8-14-20(18)21/h5-9,11-15,23H,3-4,10,16H2,1-2H3/b15-9+. The fourth-order valence-electron chi connectivity index (χ4n) is 3.48. The number of hydrogen-bond acceptors (Lipinski definition) is 2. The van der Waals surface area contributed by atoms with E-state index < -0.39 is 5.60 Å². The molecule has 1 aliphatic rings. The van der Waals surface area contributed by atoms with Gasteiger partial charge < -0.3 is 10.0 Å². The number of rotatable bonds is 6. The van der Waals surface area contributed by atoms with E-state index in [9.17, 15) is 5.11 Å². The van der Waals surface area contributed by atoms with Gasteiger partial charge in [-0.3, -0.25) is 0 Å². The second-order valence-electron chi connectivity index (χ2n) is 6.08. The van der Waals surface area contributed by atoms with E-state index in [0.29, 0.717) is 0 Å². The molecule has 0 saturated carbocycles. The fourth-order valence-corrected chi connectivity index (χ4v) is 3.48. The molecule has 120 valence electrons. The lowest BCUT2D eigenvalue weighted by atomic mass is 9.91. The molecule has 2 aromatic rings. The zero-order valence-electron chi connectivity index (χ0n) is 14.0. The predicted octanol–water partition coefficient (Wildman–Crippen LogP) is 4.19. The highest BCUT2D eigenvalue weighted by Gasteiger charge is 2.38. The van der Waals surface area contributed by atoms with Crippen molar-refractivity contribution in [3.63, 3.8) is 0 Å². The van der Waals surface area contributed by atoms with Crippen LogP contribution in [0.5, 0.6) is 0 Å². The number of hydrogen-bond donors (Lipinski definition) is 1. The normalized spacial score (nSPS) is 15.1. The van der Waals surface area contributed by atoms with E-state index in [1.807, 2.05) is 42.5 Å². The Morgan fingerprint density at radius 3 is 1.96 bits per heavy atom. The van der Waals surface area contributed by atoms with Gasteiger partial charge in [-0.15, -0.1) is 0 Å². The molecular formula is C21H25NO. The van der Waals surface area contributed by atoms with Gasteiger partial charge in [0, 0.05) is 6.54 Å². The lowest BCUT2D eigenvalue weighted by molar-refractivity contribution is 0.139. The van der Waals surface area contributed by atoms with Crippen LogP contribution in [0.3, 0.4) is 0 Å². The first-order valence-electron chi connectivity index (χ1n) is 8.52. The molecule has 0 bridgehead atoms. The van der Waals surface area contributed by atoms with E-state index in [2.05, 4.69) is 37.0 Å². The fraction of sp³-hybridized carbons (Fsp3) is 0.333. The molecule has 23 heavy (non-hydrogen) atoms. The van der Waals surface area contributed by atoms with Crippen LogP contribution < -0.4 is 0 Å². The maximum Gasteiger partial charge on any atom is 0.134 e. The summed E-state index contributed by atoms with van der Waals surface area (Å²) in [5.41, 5.74) is 3.25. The summed E-state index contributed by atoms with van der Waals surface area (Å²) in [7, 11) is 0. The molecule has 0 amide bonds. The Bertz CT molecular complexity index is 655. The maximum atomic E-state index is 11.4. The molecule has 1 N–H and O–H groups in total. The Labute approximate surface area is 139 Å². The molecule has 2 heteroatoms. The van der Waals surface area contributed by atoms with Crippen LogP contribution in [0.15, 0.2) is 60.7 Å². The first-order chi connectivity index (χ1) is 11.2. The average Bonchev–Trinajstić information content (AvgIpc) is 2.86. The molecule has 1 aliphatic carbocycles. The second kappa shape index (κ2) is 6.69. The summed E-state index contributed by atoms with van der Waals surface area (Å²) in [5, 5.41) is 11.4. The second-order valence-corrected chi connectivity index (χ2v) is 6.08. The molecule has 0 spiro atoms. The minimum Gasteiger partial charge on any atom is -0.377 e. The molecule has 0 fully saturated rings. The van der Waals surface area contributed by atoms with Crippen LogP contribution >= 0.6 is 0 Å². The number of aliphatic hydroxyl groups is 1. The van der Waals surface area contributed by atoms with E-state index in [4.69, 9.17) is 0 Å². The topological polar surface area (TPSA) is 23.5 Å². The zero-order valence-corrected chi connectivity index (χ0v) is 14.0. The van der Waals surface area contributed by atoms with E-state index in [1.165, 1.54) is 0 Å². The van der Waals surface area contributed by atoms with E-state index in [0.717, 1.165) is 48.3 Å². The van der Waals surface area contributed by atoms with Gasteiger partial charge in [0.05, 0.1) is 0 Å². The smallest absolute Gasteiger partial charge is 0.134 e. The minimum absolute atomic E-state index is 0.953. The minimum atomic E-state index is -1.00. The van der Waals surface area contributed by atoms with Crippen molar-refractivity contribution in [3.05, 3.63) is 71.8 Å². The SMILES string of the molecule is CCN(CC)CC/C=C/C1(O)c2ccccc2-c2ccccc21. The van der Waals surface area contributed by atoms with Gasteiger partial charge in [-0.05, 0) is 47.8 Å². The maximum absolute atomic E-state index is 11.4. The van der Waals surface area contributed by atoms with Crippen molar-refractivity contribution >= 4 is 0 Å². The molecule has 2 aromatic carbocycles. The number of nitrogens with zero attached hydrogens (tertiary/aromatic N) is 1. The Balaban J connectivity index is 1.88. The largest absolute Gasteiger partial charge is 0.377 e. The molecule has 0 saturated heterocycles. The highest BCUT2D eigenvalue weighted by atomic mass is 16.3. The lowest BCUT2D eigenvalue weighted by Crippen LogP contribution is -2.24. The third-order valence-corrected chi connectivity index (χ3v) is 4.83. The van der Waals surface area contributed by atoms with Crippen molar-refractivity contribution < 1.29 is 5.11 Å². The van der Waals surface area contributed by atoms with Gasteiger partial charge >= 0.3 is 0 Å². The molecule has 0 atom stereocenters. The summed E-state index contributed by atoms with van der Waals surface area (Å²) in [6.07, 6.45) is 5.05. The van der Waals surface area contributed by atoms with Crippen molar-refractivity contribution in [3.8, 4) is 11.1 Å². The van der Waals surface area contributed by atoms with Gasteiger partial charge in [0.25, 0.3) is 0 Å². The summed E-state index contributed by atoms with van der Waals surface area (Å²) in [6.45, 7) is 7.54. The Kier molecular flexibility index (Phi) is 4.65. The number of fused-ring (bicyclic) bond motifs is 3. The van der Waals surface area contributed by atoms with Gasteiger partial charge in [-0.2, -0.15) is 0 Å².